The fraction of sp³-hybridized carbons (Fsp3) is 0.0714. The van der Waals surface area contributed by atoms with Crippen molar-refractivity contribution in [3.05, 3.63) is 64.2 Å². The smallest absolute Gasteiger partial charge is 0.148 e. The van der Waals surface area contributed by atoms with Gasteiger partial charge in [0.2, 0.25) is 0 Å². The molecule has 0 saturated carbocycles. The van der Waals surface area contributed by atoms with Crippen LogP contribution in [-0.4, -0.2) is 0 Å². The van der Waals surface area contributed by atoms with Gasteiger partial charge >= 0.3 is 0 Å². The van der Waals surface area contributed by atoms with E-state index in [9.17, 15) is 8.78 Å². The number of ether oxygens (including phenoxy) is 1. The summed E-state index contributed by atoms with van der Waals surface area (Å²) < 4.78 is 32.2. The fourth-order valence-corrected chi connectivity index (χ4v) is 1.69. The minimum atomic E-state index is -0.674. The Labute approximate surface area is 113 Å². The van der Waals surface area contributed by atoms with Crippen LogP contribution in [0.3, 0.4) is 0 Å². The van der Waals surface area contributed by atoms with Crippen molar-refractivity contribution in [3.8, 4) is 11.8 Å². The lowest BCUT2D eigenvalue weighted by atomic mass is 10.2. The van der Waals surface area contributed by atoms with E-state index in [0.717, 1.165) is 6.07 Å². The molecule has 0 N–H and O–H groups in total. The molecule has 2 nitrogen and oxygen atoms in total. The van der Waals surface area contributed by atoms with E-state index < -0.39 is 11.6 Å². The minimum Gasteiger partial charge on any atom is -0.489 e. The SMILES string of the molecule is N#Cc1ccc(OCc2cccc(Cl)c2F)cc1F. The van der Waals surface area contributed by atoms with E-state index in [0.29, 0.717) is 0 Å². The zero-order chi connectivity index (χ0) is 13.8. The van der Waals surface area contributed by atoms with Crippen molar-refractivity contribution in [1.82, 2.24) is 0 Å². The van der Waals surface area contributed by atoms with Gasteiger partial charge in [0.05, 0.1) is 10.6 Å². The molecule has 96 valence electrons. The first kappa shape index (κ1) is 13.3. The Kier molecular flexibility index (Phi) is 3.98. The molecule has 0 aliphatic rings. The summed E-state index contributed by atoms with van der Waals surface area (Å²) in [5.41, 5.74) is 0.207. The molecular weight excluding hydrogens is 272 g/mol. The summed E-state index contributed by atoms with van der Waals surface area (Å²) >= 11 is 5.63. The second-order valence-electron chi connectivity index (χ2n) is 3.76. The normalized spacial score (nSPS) is 10.0. The number of halogens is 3. The Morgan fingerprint density at radius 1 is 1.21 bits per heavy atom. The molecule has 0 spiro atoms. The van der Waals surface area contributed by atoms with Crippen LogP contribution in [0.25, 0.3) is 0 Å². The van der Waals surface area contributed by atoms with E-state index in [1.807, 2.05) is 0 Å². The average Bonchev–Trinajstić information content (AvgIpc) is 2.40. The molecule has 0 radical (unpaired) electrons. The first-order valence-corrected chi connectivity index (χ1v) is 5.75. The zero-order valence-electron chi connectivity index (χ0n) is 9.66. The fourth-order valence-electron chi connectivity index (χ4n) is 1.50. The van der Waals surface area contributed by atoms with E-state index >= 15 is 0 Å². The first-order valence-electron chi connectivity index (χ1n) is 5.37. The Bertz CT molecular complexity index is 652. The van der Waals surface area contributed by atoms with Crippen LogP contribution in [0.2, 0.25) is 5.02 Å². The van der Waals surface area contributed by atoms with Crippen LogP contribution in [0.1, 0.15) is 11.1 Å². The second-order valence-corrected chi connectivity index (χ2v) is 4.16. The van der Waals surface area contributed by atoms with Crippen molar-refractivity contribution < 1.29 is 13.5 Å². The minimum absolute atomic E-state index is 0.00658. The maximum atomic E-state index is 13.6. The Hall–Kier alpha value is -2.12. The summed E-state index contributed by atoms with van der Waals surface area (Å²) in [5, 5.41) is 8.60. The standard InChI is InChI=1S/C14H8ClF2NO/c15-12-3-1-2-10(14(12)17)8-19-11-5-4-9(7-18)13(16)6-11/h1-6H,8H2. The number of nitriles is 1. The van der Waals surface area contributed by atoms with Gasteiger partial charge in [-0.2, -0.15) is 5.26 Å². The summed E-state index contributed by atoms with van der Waals surface area (Å²) in [6, 6.07) is 10.1. The van der Waals surface area contributed by atoms with E-state index in [1.54, 1.807) is 12.1 Å². The van der Waals surface area contributed by atoms with Crippen molar-refractivity contribution in [1.29, 1.82) is 5.26 Å². The molecule has 0 atom stereocenters. The van der Waals surface area contributed by atoms with Crippen molar-refractivity contribution in [2.24, 2.45) is 0 Å². The summed E-state index contributed by atoms with van der Waals surface area (Å²) in [4.78, 5) is 0. The third kappa shape index (κ3) is 3.01. The molecule has 0 aliphatic heterocycles. The van der Waals surface area contributed by atoms with Gasteiger partial charge in [0.1, 0.15) is 30.1 Å². The van der Waals surface area contributed by atoms with Crippen LogP contribution in [0.5, 0.6) is 5.75 Å². The molecule has 2 rings (SSSR count). The van der Waals surface area contributed by atoms with Gasteiger partial charge in [0, 0.05) is 11.6 Å². The summed E-state index contributed by atoms with van der Waals surface area (Å²) in [7, 11) is 0. The van der Waals surface area contributed by atoms with Crippen LogP contribution >= 0.6 is 11.6 Å². The average molecular weight is 280 g/mol. The second kappa shape index (κ2) is 5.68. The van der Waals surface area contributed by atoms with Gasteiger partial charge in [0.15, 0.2) is 0 Å². The molecule has 0 amide bonds. The van der Waals surface area contributed by atoms with E-state index in [4.69, 9.17) is 21.6 Å². The third-order valence-electron chi connectivity index (χ3n) is 2.49. The molecular formula is C14H8ClF2NO. The van der Waals surface area contributed by atoms with Gasteiger partial charge < -0.3 is 4.74 Å². The van der Waals surface area contributed by atoms with Crippen LogP contribution in [0.15, 0.2) is 36.4 Å². The molecule has 5 heteroatoms. The van der Waals surface area contributed by atoms with Gasteiger partial charge in [-0.15, -0.1) is 0 Å². The number of hydrogen-bond donors (Lipinski definition) is 0. The van der Waals surface area contributed by atoms with Gasteiger partial charge in [-0.05, 0) is 18.2 Å². The topological polar surface area (TPSA) is 33.0 Å². The first-order chi connectivity index (χ1) is 9.11. The maximum absolute atomic E-state index is 13.6. The Morgan fingerprint density at radius 2 is 2.00 bits per heavy atom. The molecule has 0 heterocycles. The van der Waals surface area contributed by atoms with Crippen LogP contribution in [-0.2, 0) is 6.61 Å². The highest BCUT2D eigenvalue weighted by atomic mass is 35.5. The predicted octanol–water partition coefficient (Wildman–Crippen LogP) is 4.07. The lowest BCUT2D eigenvalue weighted by molar-refractivity contribution is 0.298. The molecule has 2 aromatic carbocycles. The summed E-state index contributed by atoms with van der Waals surface area (Å²) in [5.74, 6) is -1.01. The van der Waals surface area contributed by atoms with Crippen LogP contribution in [0, 0.1) is 23.0 Å². The number of nitrogens with zero attached hydrogens (tertiary/aromatic N) is 1. The molecule has 2 aromatic rings. The number of benzene rings is 2. The molecule has 0 aromatic heterocycles. The third-order valence-corrected chi connectivity index (χ3v) is 2.78. The highest BCUT2D eigenvalue weighted by Crippen LogP contribution is 2.21. The monoisotopic (exact) mass is 279 g/mol. The zero-order valence-corrected chi connectivity index (χ0v) is 10.4. The van der Waals surface area contributed by atoms with Crippen molar-refractivity contribution >= 4 is 11.6 Å². The van der Waals surface area contributed by atoms with E-state index in [-0.39, 0.29) is 28.5 Å². The lowest BCUT2D eigenvalue weighted by Crippen LogP contribution is -1.99. The van der Waals surface area contributed by atoms with Crippen LogP contribution < -0.4 is 4.74 Å². The lowest BCUT2D eigenvalue weighted by Gasteiger charge is -2.08. The van der Waals surface area contributed by atoms with E-state index in [2.05, 4.69) is 0 Å². The maximum Gasteiger partial charge on any atom is 0.148 e. The summed E-state index contributed by atoms with van der Waals surface area (Å²) in [6.07, 6.45) is 0. The predicted molar refractivity (Wildman–Crippen MR) is 66.9 cm³/mol. The van der Waals surface area contributed by atoms with Crippen molar-refractivity contribution in [2.45, 2.75) is 6.61 Å². The van der Waals surface area contributed by atoms with Gasteiger partial charge in [-0.25, -0.2) is 8.78 Å². The van der Waals surface area contributed by atoms with Crippen molar-refractivity contribution in [3.63, 3.8) is 0 Å². The van der Waals surface area contributed by atoms with Gasteiger partial charge in [-0.3, -0.25) is 0 Å². The molecule has 0 saturated heterocycles. The Balaban J connectivity index is 2.13. The summed E-state index contributed by atoms with van der Waals surface area (Å²) in [6.45, 7) is -0.0717. The van der Waals surface area contributed by atoms with Gasteiger partial charge in [-0.1, -0.05) is 23.7 Å². The molecule has 0 unspecified atom stereocenters. The van der Waals surface area contributed by atoms with E-state index in [1.165, 1.54) is 24.3 Å². The molecule has 0 bridgehead atoms. The number of rotatable bonds is 3. The van der Waals surface area contributed by atoms with Crippen molar-refractivity contribution in [2.75, 3.05) is 0 Å². The molecule has 0 aliphatic carbocycles. The Morgan fingerprint density at radius 3 is 2.68 bits per heavy atom. The highest BCUT2D eigenvalue weighted by Gasteiger charge is 2.08. The largest absolute Gasteiger partial charge is 0.489 e. The molecule has 19 heavy (non-hydrogen) atoms. The molecule has 0 fully saturated rings. The number of hydrogen-bond acceptors (Lipinski definition) is 2. The van der Waals surface area contributed by atoms with Crippen LogP contribution in [0.4, 0.5) is 8.78 Å². The van der Waals surface area contributed by atoms with Gasteiger partial charge in [0.25, 0.3) is 0 Å². The quantitative estimate of drug-likeness (QED) is 0.848. The highest BCUT2D eigenvalue weighted by molar-refractivity contribution is 6.30.